The second kappa shape index (κ2) is 8.04. The van der Waals surface area contributed by atoms with Gasteiger partial charge in [-0.2, -0.15) is 0 Å². The van der Waals surface area contributed by atoms with Gasteiger partial charge < -0.3 is 19.1 Å². The van der Waals surface area contributed by atoms with Crippen molar-refractivity contribution in [1.82, 2.24) is 4.90 Å². The molecule has 0 radical (unpaired) electrons. The maximum atomic E-state index is 12.7. The van der Waals surface area contributed by atoms with Gasteiger partial charge in [-0.25, -0.2) is 0 Å². The number of ether oxygens (including phenoxy) is 3. The molecule has 2 aliphatic rings. The zero-order valence-electron chi connectivity index (χ0n) is 13.5. The standard InChI is InChI=1S/C17H21BrClNO4/c1-11(24-15-5-4-13(19)9-14(15)18)16(21)20-6-2-3-12(10-20)17-22-7-8-23-17/h4-5,9,11-12,17H,2-3,6-8,10H2,1H3. The Labute approximate surface area is 155 Å². The Balaban J connectivity index is 1.60. The molecule has 0 spiro atoms. The van der Waals surface area contributed by atoms with Crippen LogP contribution in [0.2, 0.25) is 5.02 Å². The fourth-order valence-electron chi connectivity index (χ4n) is 3.15. The molecule has 0 aromatic heterocycles. The van der Waals surface area contributed by atoms with Gasteiger partial charge >= 0.3 is 0 Å². The number of amides is 1. The topological polar surface area (TPSA) is 48.0 Å². The van der Waals surface area contributed by atoms with E-state index in [1.807, 2.05) is 4.90 Å². The fraction of sp³-hybridized carbons (Fsp3) is 0.588. The highest BCUT2D eigenvalue weighted by molar-refractivity contribution is 9.10. The number of piperidine rings is 1. The van der Waals surface area contributed by atoms with Crippen LogP contribution >= 0.6 is 27.5 Å². The lowest BCUT2D eigenvalue weighted by atomic mass is 9.97. The average Bonchev–Trinajstić information content (AvgIpc) is 3.11. The third-order valence-electron chi connectivity index (χ3n) is 4.35. The molecule has 2 heterocycles. The summed E-state index contributed by atoms with van der Waals surface area (Å²) in [5.74, 6) is 0.829. The van der Waals surface area contributed by atoms with Crippen molar-refractivity contribution in [2.24, 2.45) is 5.92 Å². The maximum Gasteiger partial charge on any atom is 0.263 e. The van der Waals surface area contributed by atoms with Crippen molar-refractivity contribution in [1.29, 1.82) is 0 Å². The third kappa shape index (κ3) is 4.23. The van der Waals surface area contributed by atoms with Crippen molar-refractivity contribution in [2.45, 2.75) is 32.2 Å². The second-order valence-corrected chi connectivity index (χ2v) is 7.42. The number of hydrogen-bond acceptors (Lipinski definition) is 4. The molecule has 0 N–H and O–H groups in total. The summed E-state index contributed by atoms with van der Waals surface area (Å²) in [4.78, 5) is 14.6. The second-order valence-electron chi connectivity index (χ2n) is 6.13. The Kier molecular flexibility index (Phi) is 6.02. The lowest BCUT2D eigenvalue weighted by Crippen LogP contribution is -2.48. The highest BCUT2D eigenvalue weighted by Gasteiger charge is 2.34. The summed E-state index contributed by atoms with van der Waals surface area (Å²) in [5, 5.41) is 0.614. The third-order valence-corrected chi connectivity index (χ3v) is 5.20. The molecular weight excluding hydrogens is 398 g/mol. The first-order valence-corrected chi connectivity index (χ1v) is 9.35. The van der Waals surface area contributed by atoms with Crippen LogP contribution in [0.3, 0.4) is 0 Å². The SMILES string of the molecule is CC(Oc1ccc(Cl)cc1Br)C(=O)N1CCCC(C2OCCO2)C1. The first-order chi connectivity index (χ1) is 11.5. The molecule has 2 atom stereocenters. The van der Waals surface area contributed by atoms with Crippen molar-refractivity contribution in [3.8, 4) is 5.75 Å². The van der Waals surface area contributed by atoms with Gasteiger partial charge in [-0.05, 0) is 53.9 Å². The molecule has 0 bridgehead atoms. The predicted molar refractivity (Wildman–Crippen MR) is 94.2 cm³/mol. The van der Waals surface area contributed by atoms with Gasteiger partial charge in [0.2, 0.25) is 0 Å². The molecule has 1 aromatic rings. The number of carbonyl (C=O) groups excluding carboxylic acids is 1. The molecule has 7 heteroatoms. The normalized spacial score (nSPS) is 23.3. The highest BCUT2D eigenvalue weighted by atomic mass is 79.9. The van der Waals surface area contributed by atoms with Crippen molar-refractivity contribution in [2.75, 3.05) is 26.3 Å². The first-order valence-electron chi connectivity index (χ1n) is 8.18. The molecule has 2 saturated heterocycles. The summed E-state index contributed by atoms with van der Waals surface area (Å²) in [6.07, 6.45) is 1.23. The Morgan fingerprint density at radius 2 is 2.17 bits per heavy atom. The van der Waals surface area contributed by atoms with E-state index in [0.29, 0.717) is 30.5 Å². The number of likely N-dealkylation sites (tertiary alicyclic amines) is 1. The van der Waals surface area contributed by atoms with E-state index in [9.17, 15) is 4.79 Å². The van der Waals surface area contributed by atoms with Crippen LogP contribution in [-0.2, 0) is 14.3 Å². The fourth-order valence-corrected chi connectivity index (χ4v) is 3.93. The quantitative estimate of drug-likeness (QED) is 0.751. The molecule has 1 amide bonds. The maximum absolute atomic E-state index is 12.7. The Morgan fingerprint density at radius 3 is 2.88 bits per heavy atom. The van der Waals surface area contributed by atoms with Crippen molar-refractivity contribution >= 4 is 33.4 Å². The van der Waals surface area contributed by atoms with Crippen LogP contribution in [0.25, 0.3) is 0 Å². The van der Waals surface area contributed by atoms with Gasteiger partial charge in [0.25, 0.3) is 5.91 Å². The highest BCUT2D eigenvalue weighted by Crippen LogP contribution is 2.30. The molecule has 1 aromatic carbocycles. The number of benzene rings is 1. The van der Waals surface area contributed by atoms with Crippen LogP contribution in [0.1, 0.15) is 19.8 Å². The molecule has 2 aliphatic heterocycles. The van der Waals surface area contributed by atoms with Gasteiger partial charge in [0.15, 0.2) is 12.4 Å². The average molecular weight is 419 g/mol. The Bertz CT molecular complexity index is 594. The summed E-state index contributed by atoms with van der Waals surface area (Å²) in [6, 6.07) is 5.25. The molecular formula is C17H21BrClNO4. The largest absolute Gasteiger partial charge is 0.480 e. The Hall–Kier alpha value is -0.820. The van der Waals surface area contributed by atoms with Crippen LogP contribution in [0.15, 0.2) is 22.7 Å². The monoisotopic (exact) mass is 417 g/mol. The number of carbonyl (C=O) groups is 1. The first kappa shape index (κ1) is 18.0. The van der Waals surface area contributed by atoms with E-state index in [1.165, 1.54) is 0 Å². The van der Waals surface area contributed by atoms with E-state index in [1.54, 1.807) is 25.1 Å². The number of hydrogen-bond donors (Lipinski definition) is 0. The number of halogens is 2. The lowest BCUT2D eigenvalue weighted by Gasteiger charge is -2.36. The van der Waals surface area contributed by atoms with Gasteiger partial charge in [-0.15, -0.1) is 0 Å². The molecule has 2 unspecified atom stereocenters. The summed E-state index contributed by atoms with van der Waals surface area (Å²) in [6.45, 7) is 4.45. The van der Waals surface area contributed by atoms with Crippen LogP contribution in [-0.4, -0.2) is 49.5 Å². The summed E-state index contributed by atoms with van der Waals surface area (Å²) in [5.41, 5.74) is 0. The van der Waals surface area contributed by atoms with Gasteiger partial charge in [-0.1, -0.05) is 11.6 Å². The Morgan fingerprint density at radius 1 is 1.42 bits per heavy atom. The summed E-state index contributed by atoms with van der Waals surface area (Å²) < 4.78 is 17.7. The van der Waals surface area contributed by atoms with Crippen molar-refractivity contribution in [3.05, 3.63) is 27.7 Å². The van der Waals surface area contributed by atoms with E-state index in [4.69, 9.17) is 25.8 Å². The van der Waals surface area contributed by atoms with E-state index in [-0.39, 0.29) is 18.1 Å². The van der Waals surface area contributed by atoms with Gasteiger partial charge in [-0.3, -0.25) is 4.79 Å². The zero-order valence-corrected chi connectivity index (χ0v) is 15.9. The molecule has 0 saturated carbocycles. The van der Waals surface area contributed by atoms with E-state index in [0.717, 1.165) is 23.9 Å². The van der Waals surface area contributed by atoms with Crippen molar-refractivity contribution in [3.63, 3.8) is 0 Å². The molecule has 5 nitrogen and oxygen atoms in total. The van der Waals surface area contributed by atoms with Crippen molar-refractivity contribution < 1.29 is 19.0 Å². The van der Waals surface area contributed by atoms with Gasteiger partial charge in [0.1, 0.15) is 5.75 Å². The molecule has 132 valence electrons. The van der Waals surface area contributed by atoms with Gasteiger partial charge in [0, 0.05) is 24.0 Å². The molecule has 2 fully saturated rings. The molecule has 0 aliphatic carbocycles. The summed E-state index contributed by atoms with van der Waals surface area (Å²) in [7, 11) is 0. The minimum atomic E-state index is -0.563. The van der Waals surface area contributed by atoms with Crippen LogP contribution in [0.4, 0.5) is 0 Å². The zero-order chi connectivity index (χ0) is 17.1. The van der Waals surface area contributed by atoms with E-state index in [2.05, 4.69) is 15.9 Å². The predicted octanol–water partition coefficient (Wildman–Crippen LogP) is 3.48. The minimum absolute atomic E-state index is 0.0143. The van der Waals surface area contributed by atoms with Crippen LogP contribution < -0.4 is 4.74 Å². The minimum Gasteiger partial charge on any atom is -0.480 e. The smallest absolute Gasteiger partial charge is 0.263 e. The lowest BCUT2D eigenvalue weighted by molar-refractivity contribution is -0.145. The number of nitrogens with zero attached hydrogens (tertiary/aromatic N) is 1. The van der Waals surface area contributed by atoms with Gasteiger partial charge in [0.05, 0.1) is 17.7 Å². The summed E-state index contributed by atoms with van der Waals surface area (Å²) >= 11 is 9.34. The van der Waals surface area contributed by atoms with Crippen LogP contribution in [0, 0.1) is 5.92 Å². The number of rotatable bonds is 4. The van der Waals surface area contributed by atoms with Crippen LogP contribution in [0.5, 0.6) is 5.75 Å². The van der Waals surface area contributed by atoms with E-state index < -0.39 is 6.10 Å². The molecule has 3 rings (SSSR count). The van der Waals surface area contributed by atoms with E-state index >= 15 is 0 Å². The molecule has 24 heavy (non-hydrogen) atoms.